The third-order valence-corrected chi connectivity index (χ3v) is 4.08. The lowest BCUT2D eigenvalue weighted by molar-refractivity contribution is 0.0692. The minimum Gasteiger partial charge on any atom is -0.477 e. The number of nitrogens with zero attached hydrogens (tertiary/aromatic N) is 1. The van der Waals surface area contributed by atoms with Crippen molar-refractivity contribution < 1.29 is 14.3 Å². The van der Waals surface area contributed by atoms with E-state index in [1.807, 2.05) is 0 Å². The van der Waals surface area contributed by atoms with Gasteiger partial charge in [-0.3, -0.25) is 4.99 Å². The molecule has 0 saturated heterocycles. The molecule has 2 aromatic rings. The standard InChI is InChI=1S/C16H13FN2O2/c17-10-5-3-8(4-6-10)12-11-7-18-13(9-1-2-9)14(11)19-15(12)16(20)21/h3-6,9,19H,1-2,7H2,(H,20,21). The minimum absolute atomic E-state index is 0.166. The van der Waals surface area contributed by atoms with E-state index < -0.39 is 5.97 Å². The van der Waals surface area contributed by atoms with Gasteiger partial charge < -0.3 is 10.1 Å². The third kappa shape index (κ3) is 1.88. The van der Waals surface area contributed by atoms with E-state index in [0.717, 1.165) is 29.8 Å². The smallest absolute Gasteiger partial charge is 0.352 e. The van der Waals surface area contributed by atoms with Crippen LogP contribution in [0.3, 0.4) is 0 Å². The summed E-state index contributed by atoms with van der Waals surface area (Å²) >= 11 is 0. The van der Waals surface area contributed by atoms with Gasteiger partial charge in [0.1, 0.15) is 11.5 Å². The van der Waals surface area contributed by atoms with Crippen molar-refractivity contribution in [2.45, 2.75) is 19.4 Å². The molecule has 0 bridgehead atoms. The van der Waals surface area contributed by atoms with E-state index >= 15 is 0 Å². The van der Waals surface area contributed by atoms with Crippen LogP contribution in [0.25, 0.3) is 11.1 Å². The summed E-state index contributed by atoms with van der Waals surface area (Å²) in [6, 6.07) is 5.91. The van der Waals surface area contributed by atoms with Crippen LogP contribution in [0.2, 0.25) is 0 Å². The Kier molecular flexibility index (Phi) is 2.51. The number of hydrogen-bond acceptors (Lipinski definition) is 2. The molecule has 106 valence electrons. The van der Waals surface area contributed by atoms with Crippen molar-refractivity contribution in [2.24, 2.45) is 10.9 Å². The maximum absolute atomic E-state index is 13.1. The third-order valence-electron chi connectivity index (χ3n) is 4.08. The fourth-order valence-electron chi connectivity index (χ4n) is 2.94. The van der Waals surface area contributed by atoms with Crippen molar-refractivity contribution in [1.29, 1.82) is 0 Å². The number of aliphatic imine (C=N–C) groups is 1. The van der Waals surface area contributed by atoms with Gasteiger partial charge in [-0.05, 0) is 30.5 Å². The Morgan fingerprint density at radius 2 is 2.00 bits per heavy atom. The summed E-state index contributed by atoms with van der Waals surface area (Å²) in [6.07, 6.45) is 2.23. The van der Waals surface area contributed by atoms with Gasteiger partial charge >= 0.3 is 5.97 Å². The molecule has 1 aromatic heterocycles. The van der Waals surface area contributed by atoms with Gasteiger partial charge in [0.2, 0.25) is 0 Å². The summed E-state index contributed by atoms with van der Waals surface area (Å²) in [7, 11) is 0. The molecule has 4 rings (SSSR count). The van der Waals surface area contributed by atoms with Crippen LogP contribution in [-0.4, -0.2) is 21.8 Å². The fraction of sp³-hybridized carbons (Fsp3) is 0.250. The summed E-state index contributed by atoms with van der Waals surface area (Å²) in [6.45, 7) is 0.498. The lowest BCUT2D eigenvalue weighted by Gasteiger charge is -2.03. The SMILES string of the molecule is O=C(O)c1[nH]c2c(c1-c1ccc(F)cc1)CN=C2C1CC1. The monoisotopic (exact) mass is 284 g/mol. The Labute approximate surface area is 120 Å². The highest BCUT2D eigenvalue weighted by Crippen LogP contribution is 2.41. The van der Waals surface area contributed by atoms with Gasteiger partial charge in [-0.15, -0.1) is 0 Å². The average Bonchev–Trinajstić information content (AvgIpc) is 3.10. The molecule has 4 nitrogen and oxygen atoms in total. The number of aromatic amines is 1. The van der Waals surface area contributed by atoms with Crippen LogP contribution in [0.5, 0.6) is 0 Å². The molecule has 2 aliphatic rings. The van der Waals surface area contributed by atoms with E-state index in [9.17, 15) is 14.3 Å². The summed E-state index contributed by atoms with van der Waals surface area (Å²) in [5, 5.41) is 9.43. The maximum atomic E-state index is 13.1. The van der Waals surface area contributed by atoms with Crippen LogP contribution in [0, 0.1) is 11.7 Å². The van der Waals surface area contributed by atoms with Crippen LogP contribution in [-0.2, 0) is 6.54 Å². The summed E-state index contributed by atoms with van der Waals surface area (Å²) < 4.78 is 13.1. The topological polar surface area (TPSA) is 65.4 Å². The van der Waals surface area contributed by atoms with E-state index in [-0.39, 0.29) is 11.5 Å². The Hall–Kier alpha value is -2.43. The number of rotatable bonds is 3. The molecular formula is C16H13FN2O2. The van der Waals surface area contributed by atoms with Crippen molar-refractivity contribution in [2.75, 3.05) is 0 Å². The van der Waals surface area contributed by atoms with Gasteiger partial charge in [0.05, 0.1) is 18.0 Å². The average molecular weight is 284 g/mol. The molecule has 1 aromatic carbocycles. The van der Waals surface area contributed by atoms with Crippen LogP contribution >= 0.6 is 0 Å². The van der Waals surface area contributed by atoms with E-state index in [4.69, 9.17) is 0 Å². The highest BCUT2D eigenvalue weighted by atomic mass is 19.1. The highest BCUT2D eigenvalue weighted by Gasteiger charge is 2.36. The van der Waals surface area contributed by atoms with Crippen LogP contribution in [0.15, 0.2) is 29.3 Å². The predicted octanol–water partition coefficient (Wildman–Crippen LogP) is 3.23. The quantitative estimate of drug-likeness (QED) is 0.908. The number of hydrogen-bond donors (Lipinski definition) is 2. The van der Waals surface area contributed by atoms with Gasteiger partial charge in [-0.25, -0.2) is 9.18 Å². The molecule has 0 amide bonds. The van der Waals surface area contributed by atoms with Crippen molar-refractivity contribution in [3.8, 4) is 11.1 Å². The fourth-order valence-corrected chi connectivity index (χ4v) is 2.94. The molecule has 5 heteroatoms. The zero-order chi connectivity index (χ0) is 14.6. The van der Waals surface area contributed by atoms with Gasteiger partial charge in [0.15, 0.2) is 0 Å². The number of benzene rings is 1. The zero-order valence-corrected chi connectivity index (χ0v) is 11.2. The molecule has 2 heterocycles. The number of halogens is 1. The largest absolute Gasteiger partial charge is 0.477 e. The molecule has 1 saturated carbocycles. The number of aromatic carboxylic acids is 1. The second-order valence-corrected chi connectivity index (χ2v) is 5.52. The molecule has 1 aliphatic heterocycles. The molecule has 0 unspecified atom stereocenters. The number of fused-ring (bicyclic) bond motifs is 1. The molecule has 21 heavy (non-hydrogen) atoms. The molecular weight excluding hydrogens is 271 g/mol. The predicted molar refractivity (Wildman–Crippen MR) is 76.1 cm³/mol. The van der Waals surface area contributed by atoms with Crippen LogP contribution in [0.1, 0.15) is 34.6 Å². The zero-order valence-electron chi connectivity index (χ0n) is 11.2. The lowest BCUT2D eigenvalue weighted by Crippen LogP contribution is -2.04. The second kappa shape index (κ2) is 4.28. The van der Waals surface area contributed by atoms with Crippen molar-refractivity contribution in [3.05, 3.63) is 47.0 Å². The first-order chi connectivity index (χ1) is 10.1. The first kappa shape index (κ1) is 12.3. The summed E-state index contributed by atoms with van der Waals surface area (Å²) in [5.74, 6) is -0.871. The molecule has 1 aliphatic carbocycles. The van der Waals surface area contributed by atoms with E-state index in [1.54, 1.807) is 12.1 Å². The van der Waals surface area contributed by atoms with E-state index in [2.05, 4.69) is 9.98 Å². The number of nitrogens with one attached hydrogen (secondary N) is 1. The molecule has 1 fully saturated rings. The van der Waals surface area contributed by atoms with Crippen molar-refractivity contribution >= 4 is 11.7 Å². The highest BCUT2D eigenvalue weighted by molar-refractivity contribution is 6.09. The van der Waals surface area contributed by atoms with E-state index in [0.29, 0.717) is 23.6 Å². The molecule has 0 spiro atoms. The van der Waals surface area contributed by atoms with Gasteiger partial charge in [-0.2, -0.15) is 0 Å². The second-order valence-electron chi connectivity index (χ2n) is 5.52. The Morgan fingerprint density at radius 1 is 1.29 bits per heavy atom. The van der Waals surface area contributed by atoms with Gasteiger partial charge in [-0.1, -0.05) is 12.1 Å². The van der Waals surface area contributed by atoms with Gasteiger partial charge in [0, 0.05) is 17.0 Å². The van der Waals surface area contributed by atoms with Crippen molar-refractivity contribution in [3.63, 3.8) is 0 Å². The van der Waals surface area contributed by atoms with Crippen molar-refractivity contribution in [1.82, 2.24) is 4.98 Å². The minimum atomic E-state index is -1.00. The first-order valence-electron chi connectivity index (χ1n) is 6.94. The van der Waals surface area contributed by atoms with E-state index in [1.165, 1.54) is 12.1 Å². The maximum Gasteiger partial charge on any atom is 0.352 e. The van der Waals surface area contributed by atoms with Crippen LogP contribution in [0.4, 0.5) is 4.39 Å². The number of carbonyl (C=O) groups is 1. The normalized spacial score (nSPS) is 16.7. The first-order valence-corrected chi connectivity index (χ1v) is 6.94. The lowest BCUT2D eigenvalue weighted by atomic mass is 9.99. The Balaban J connectivity index is 1.89. The number of carboxylic acid groups (broad SMARTS) is 1. The summed E-state index contributed by atoms with van der Waals surface area (Å²) in [4.78, 5) is 19.1. The number of aromatic nitrogens is 1. The molecule has 0 radical (unpaired) electrons. The van der Waals surface area contributed by atoms with Crippen LogP contribution < -0.4 is 0 Å². The summed E-state index contributed by atoms with van der Waals surface area (Å²) in [5.41, 5.74) is 4.28. The van der Waals surface area contributed by atoms with Gasteiger partial charge in [0.25, 0.3) is 0 Å². The Morgan fingerprint density at radius 3 is 2.62 bits per heavy atom. The molecule has 2 N–H and O–H groups in total. The number of H-pyrrole nitrogens is 1. The number of carboxylic acids is 1. The molecule has 0 atom stereocenters. The Bertz CT molecular complexity index is 770.